The van der Waals surface area contributed by atoms with E-state index in [0.29, 0.717) is 6.61 Å². The molecule has 0 spiro atoms. The Labute approximate surface area is 98.4 Å². The van der Waals surface area contributed by atoms with Crippen LogP contribution in [0.1, 0.15) is 46.5 Å². The average Bonchev–Trinajstić information content (AvgIpc) is 2.99. The van der Waals surface area contributed by atoms with E-state index in [-0.39, 0.29) is 11.9 Å². The largest absolute Gasteiger partial charge is 0.461 e. The molecule has 1 aliphatic carbocycles. The Balaban J connectivity index is 2.12. The van der Waals surface area contributed by atoms with E-state index in [2.05, 4.69) is 26.8 Å². The van der Waals surface area contributed by atoms with Gasteiger partial charge in [0.2, 0.25) is 0 Å². The van der Waals surface area contributed by atoms with Crippen molar-refractivity contribution >= 4 is 5.97 Å². The standard InChI is InChI=1S/C14H22O2/c1-11(2)5-4-6-12(3)9-10-16-14(15)13-7-8-13/h5,9,13H,4,6-8,10H2,1-3H3/b12-9-. The lowest BCUT2D eigenvalue weighted by molar-refractivity contribution is -0.143. The van der Waals surface area contributed by atoms with Gasteiger partial charge in [0.15, 0.2) is 0 Å². The number of rotatable bonds is 6. The third kappa shape index (κ3) is 5.74. The highest BCUT2D eigenvalue weighted by molar-refractivity contribution is 5.74. The van der Waals surface area contributed by atoms with E-state index in [1.807, 2.05) is 6.08 Å². The maximum Gasteiger partial charge on any atom is 0.309 e. The van der Waals surface area contributed by atoms with E-state index >= 15 is 0 Å². The minimum atomic E-state index is -0.0200. The first-order valence-corrected chi connectivity index (χ1v) is 6.05. The van der Waals surface area contributed by atoms with Gasteiger partial charge >= 0.3 is 5.97 Å². The highest BCUT2D eigenvalue weighted by Crippen LogP contribution is 2.29. The Morgan fingerprint density at radius 3 is 2.50 bits per heavy atom. The van der Waals surface area contributed by atoms with Crippen LogP contribution in [0.4, 0.5) is 0 Å². The first kappa shape index (κ1) is 13.0. The Bertz CT molecular complexity index is 292. The van der Waals surface area contributed by atoms with E-state index in [1.165, 1.54) is 11.1 Å². The fourth-order valence-corrected chi connectivity index (χ4v) is 1.39. The second kappa shape index (κ2) is 6.51. The molecule has 0 atom stereocenters. The first-order chi connectivity index (χ1) is 7.59. The van der Waals surface area contributed by atoms with Crippen LogP contribution >= 0.6 is 0 Å². The van der Waals surface area contributed by atoms with Gasteiger partial charge < -0.3 is 4.74 Å². The summed E-state index contributed by atoms with van der Waals surface area (Å²) in [6.45, 7) is 6.74. The van der Waals surface area contributed by atoms with Crippen molar-refractivity contribution in [3.05, 3.63) is 23.3 Å². The SMILES string of the molecule is CC(C)=CCC/C(C)=C\COC(=O)C1CC1. The fourth-order valence-electron chi connectivity index (χ4n) is 1.39. The van der Waals surface area contributed by atoms with Gasteiger partial charge in [-0.25, -0.2) is 0 Å². The smallest absolute Gasteiger partial charge is 0.309 e. The molecule has 2 heteroatoms. The minimum Gasteiger partial charge on any atom is -0.461 e. The van der Waals surface area contributed by atoms with E-state index < -0.39 is 0 Å². The summed E-state index contributed by atoms with van der Waals surface area (Å²) >= 11 is 0. The van der Waals surface area contributed by atoms with Gasteiger partial charge in [0, 0.05) is 0 Å². The minimum absolute atomic E-state index is 0.0200. The van der Waals surface area contributed by atoms with Crippen LogP contribution < -0.4 is 0 Å². The van der Waals surface area contributed by atoms with Crippen LogP contribution in [-0.2, 0) is 9.53 Å². The maximum absolute atomic E-state index is 11.2. The molecule has 0 unspecified atom stereocenters. The lowest BCUT2D eigenvalue weighted by Crippen LogP contribution is -2.06. The normalized spacial score (nSPS) is 15.8. The lowest BCUT2D eigenvalue weighted by atomic mass is 10.1. The van der Waals surface area contributed by atoms with Crippen LogP contribution in [0.3, 0.4) is 0 Å². The molecular weight excluding hydrogens is 200 g/mol. The predicted molar refractivity (Wildman–Crippen MR) is 66.1 cm³/mol. The molecule has 16 heavy (non-hydrogen) atoms. The average molecular weight is 222 g/mol. The molecule has 1 rings (SSSR count). The van der Waals surface area contributed by atoms with Gasteiger partial charge in [-0.1, -0.05) is 17.2 Å². The molecule has 0 radical (unpaired) electrons. The van der Waals surface area contributed by atoms with Gasteiger partial charge in [-0.05, 0) is 52.5 Å². The zero-order valence-corrected chi connectivity index (χ0v) is 10.6. The van der Waals surface area contributed by atoms with Crippen LogP contribution in [0.2, 0.25) is 0 Å². The Morgan fingerprint density at radius 2 is 1.94 bits per heavy atom. The van der Waals surface area contributed by atoms with Gasteiger partial charge in [-0.2, -0.15) is 0 Å². The number of carbonyl (C=O) groups is 1. The second-order valence-corrected chi connectivity index (χ2v) is 4.77. The number of esters is 1. The molecule has 0 amide bonds. The molecule has 0 heterocycles. The van der Waals surface area contributed by atoms with Crippen molar-refractivity contribution in [3.8, 4) is 0 Å². The van der Waals surface area contributed by atoms with Crippen molar-refractivity contribution in [1.82, 2.24) is 0 Å². The summed E-state index contributed by atoms with van der Waals surface area (Å²) in [5.41, 5.74) is 2.65. The second-order valence-electron chi connectivity index (χ2n) is 4.77. The highest BCUT2D eigenvalue weighted by Gasteiger charge is 2.30. The Hall–Kier alpha value is -1.05. The quantitative estimate of drug-likeness (QED) is 0.506. The summed E-state index contributed by atoms with van der Waals surface area (Å²) in [6.07, 6.45) is 8.39. The van der Waals surface area contributed by atoms with E-state index in [0.717, 1.165) is 25.7 Å². The first-order valence-electron chi connectivity index (χ1n) is 6.05. The fraction of sp³-hybridized carbons (Fsp3) is 0.643. The van der Waals surface area contributed by atoms with Crippen molar-refractivity contribution in [2.45, 2.75) is 46.5 Å². The van der Waals surface area contributed by atoms with Crippen molar-refractivity contribution < 1.29 is 9.53 Å². The maximum atomic E-state index is 11.2. The Kier molecular flexibility index (Phi) is 5.30. The predicted octanol–water partition coefficient (Wildman–Crippen LogP) is 3.63. The zero-order valence-electron chi connectivity index (χ0n) is 10.6. The number of carbonyl (C=O) groups excluding carboxylic acids is 1. The molecule has 0 saturated heterocycles. The summed E-state index contributed by atoms with van der Waals surface area (Å²) < 4.78 is 5.13. The number of hydrogen-bond donors (Lipinski definition) is 0. The van der Waals surface area contributed by atoms with Gasteiger partial charge in [-0.15, -0.1) is 0 Å². The van der Waals surface area contributed by atoms with Crippen molar-refractivity contribution in [3.63, 3.8) is 0 Å². The van der Waals surface area contributed by atoms with E-state index in [9.17, 15) is 4.79 Å². The van der Waals surface area contributed by atoms with Crippen molar-refractivity contribution in [1.29, 1.82) is 0 Å². The third-order valence-electron chi connectivity index (χ3n) is 2.66. The number of ether oxygens (including phenoxy) is 1. The molecule has 0 aliphatic heterocycles. The van der Waals surface area contributed by atoms with Crippen LogP contribution in [-0.4, -0.2) is 12.6 Å². The summed E-state index contributed by atoms with van der Waals surface area (Å²) in [7, 11) is 0. The third-order valence-corrected chi connectivity index (χ3v) is 2.66. The monoisotopic (exact) mass is 222 g/mol. The summed E-state index contributed by atoms with van der Waals surface area (Å²) in [4.78, 5) is 11.2. The molecular formula is C14H22O2. The van der Waals surface area contributed by atoms with Crippen LogP contribution in [0.5, 0.6) is 0 Å². The molecule has 1 saturated carbocycles. The molecule has 0 aromatic heterocycles. The van der Waals surface area contributed by atoms with Crippen LogP contribution in [0, 0.1) is 5.92 Å². The van der Waals surface area contributed by atoms with E-state index in [1.54, 1.807) is 0 Å². The summed E-state index contributed by atoms with van der Waals surface area (Å²) in [6, 6.07) is 0. The summed E-state index contributed by atoms with van der Waals surface area (Å²) in [5.74, 6) is 0.188. The topological polar surface area (TPSA) is 26.3 Å². The number of allylic oxidation sites excluding steroid dienone is 3. The van der Waals surface area contributed by atoms with Crippen molar-refractivity contribution in [2.24, 2.45) is 5.92 Å². The summed E-state index contributed by atoms with van der Waals surface area (Å²) in [5, 5.41) is 0. The zero-order chi connectivity index (χ0) is 12.0. The van der Waals surface area contributed by atoms with Gasteiger partial charge in [0.25, 0.3) is 0 Å². The molecule has 0 aromatic rings. The molecule has 0 N–H and O–H groups in total. The van der Waals surface area contributed by atoms with Gasteiger partial charge in [0.05, 0.1) is 5.92 Å². The van der Waals surface area contributed by atoms with Gasteiger partial charge in [-0.3, -0.25) is 4.79 Å². The number of hydrogen-bond acceptors (Lipinski definition) is 2. The molecule has 0 bridgehead atoms. The molecule has 1 aliphatic rings. The van der Waals surface area contributed by atoms with E-state index in [4.69, 9.17) is 4.74 Å². The van der Waals surface area contributed by atoms with Crippen LogP contribution in [0.25, 0.3) is 0 Å². The molecule has 1 fully saturated rings. The van der Waals surface area contributed by atoms with Crippen LogP contribution in [0.15, 0.2) is 23.3 Å². The Morgan fingerprint density at radius 1 is 1.25 bits per heavy atom. The highest BCUT2D eigenvalue weighted by atomic mass is 16.5. The van der Waals surface area contributed by atoms with Crippen molar-refractivity contribution in [2.75, 3.05) is 6.61 Å². The lowest BCUT2D eigenvalue weighted by Gasteiger charge is -2.02. The molecule has 0 aromatic carbocycles. The molecule has 2 nitrogen and oxygen atoms in total. The molecule has 90 valence electrons. The van der Waals surface area contributed by atoms with Gasteiger partial charge in [0.1, 0.15) is 6.61 Å².